The molecule has 1 saturated carbocycles. The van der Waals surface area contributed by atoms with Gasteiger partial charge in [0, 0.05) is 24.5 Å². The van der Waals surface area contributed by atoms with Crippen LogP contribution >= 0.6 is 0 Å². The highest BCUT2D eigenvalue weighted by Gasteiger charge is 2.18. The van der Waals surface area contributed by atoms with Crippen molar-refractivity contribution in [3.05, 3.63) is 24.3 Å². The Morgan fingerprint density at radius 3 is 2.56 bits per heavy atom. The van der Waals surface area contributed by atoms with Gasteiger partial charge in [0.1, 0.15) is 6.33 Å². The van der Waals surface area contributed by atoms with Crippen molar-refractivity contribution in [1.29, 1.82) is 0 Å². The number of aliphatic hydroxyl groups excluding tert-OH is 1. The lowest BCUT2D eigenvalue weighted by Gasteiger charge is -2.25. The smallest absolute Gasteiger partial charge is 0.115 e. The van der Waals surface area contributed by atoms with E-state index in [0.717, 1.165) is 44.3 Å². The number of hydrogen-bond acceptors (Lipinski definition) is 4. The fourth-order valence-corrected chi connectivity index (χ4v) is 2.19. The first-order valence-electron chi connectivity index (χ1n) is 5.97. The predicted octanol–water partition coefficient (Wildman–Crippen LogP) is 1.12. The summed E-state index contributed by atoms with van der Waals surface area (Å²) in [5.74, 6) is 0.716. The molecule has 2 rings (SSSR count). The fraction of sp³-hybridized carbons (Fsp3) is 0.667. The summed E-state index contributed by atoms with van der Waals surface area (Å²) in [6.07, 6.45) is 9.36. The summed E-state index contributed by atoms with van der Waals surface area (Å²) in [6.45, 7) is 1.86. The lowest BCUT2D eigenvalue weighted by molar-refractivity contribution is 0.108. The molecule has 1 aromatic rings. The molecule has 1 aliphatic rings. The topological polar surface area (TPSA) is 58.0 Å². The lowest BCUT2D eigenvalue weighted by Crippen LogP contribution is -2.27. The predicted molar refractivity (Wildman–Crippen MR) is 61.7 cm³/mol. The van der Waals surface area contributed by atoms with Crippen molar-refractivity contribution in [1.82, 2.24) is 15.3 Å². The molecule has 88 valence electrons. The van der Waals surface area contributed by atoms with Crippen molar-refractivity contribution in [2.45, 2.75) is 38.3 Å². The second-order valence-corrected chi connectivity index (χ2v) is 4.55. The zero-order chi connectivity index (χ0) is 11.2. The maximum Gasteiger partial charge on any atom is 0.115 e. The first-order chi connectivity index (χ1) is 7.84. The Morgan fingerprint density at radius 1 is 1.19 bits per heavy atom. The maximum atomic E-state index is 9.39. The van der Waals surface area contributed by atoms with Gasteiger partial charge in [0.05, 0.1) is 6.10 Å². The van der Waals surface area contributed by atoms with Crippen LogP contribution in [0.4, 0.5) is 0 Å². The van der Waals surface area contributed by atoms with Gasteiger partial charge in [-0.25, -0.2) is 9.97 Å². The molecule has 2 N–H and O–H groups in total. The Balaban J connectivity index is 1.65. The average Bonchev–Trinajstić information content (AvgIpc) is 2.33. The summed E-state index contributed by atoms with van der Waals surface area (Å²) in [6, 6.07) is 0. The summed E-state index contributed by atoms with van der Waals surface area (Å²) < 4.78 is 0. The largest absolute Gasteiger partial charge is 0.393 e. The van der Waals surface area contributed by atoms with E-state index in [-0.39, 0.29) is 6.10 Å². The number of nitrogens with zero attached hydrogens (tertiary/aromatic N) is 2. The standard InChI is InChI=1S/C12H19N3O/c16-12-3-1-10(2-4-12)5-13-6-11-7-14-9-15-8-11/h7-10,12-13,16H,1-6H2. The van der Waals surface area contributed by atoms with Crippen LogP contribution in [-0.2, 0) is 6.54 Å². The molecule has 4 heteroatoms. The molecule has 1 heterocycles. The van der Waals surface area contributed by atoms with Crippen LogP contribution in [0.25, 0.3) is 0 Å². The Bertz CT molecular complexity index is 296. The van der Waals surface area contributed by atoms with Crippen molar-refractivity contribution in [3.63, 3.8) is 0 Å². The molecule has 1 fully saturated rings. The minimum absolute atomic E-state index is 0.0567. The highest BCUT2D eigenvalue weighted by atomic mass is 16.3. The van der Waals surface area contributed by atoms with Gasteiger partial charge in [-0.3, -0.25) is 0 Å². The molecule has 0 unspecified atom stereocenters. The van der Waals surface area contributed by atoms with Crippen molar-refractivity contribution in [2.75, 3.05) is 6.54 Å². The first-order valence-corrected chi connectivity index (χ1v) is 5.97. The second-order valence-electron chi connectivity index (χ2n) is 4.55. The molecule has 0 saturated heterocycles. The molecule has 0 amide bonds. The molecule has 0 atom stereocenters. The van der Waals surface area contributed by atoms with E-state index in [1.165, 1.54) is 0 Å². The van der Waals surface area contributed by atoms with Gasteiger partial charge in [-0.05, 0) is 38.1 Å². The van der Waals surface area contributed by atoms with Crippen molar-refractivity contribution >= 4 is 0 Å². The monoisotopic (exact) mass is 221 g/mol. The minimum atomic E-state index is -0.0567. The van der Waals surface area contributed by atoms with Crippen LogP contribution in [0, 0.1) is 5.92 Å². The van der Waals surface area contributed by atoms with Crippen molar-refractivity contribution in [3.8, 4) is 0 Å². The molecular formula is C12H19N3O. The zero-order valence-corrected chi connectivity index (χ0v) is 9.47. The van der Waals surface area contributed by atoms with Crippen LogP contribution in [-0.4, -0.2) is 27.7 Å². The third-order valence-electron chi connectivity index (χ3n) is 3.19. The molecule has 16 heavy (non-hydrogen) atoms. The third-order valence-corrected chi connectivity index (χ3v) is 3.19. The molecular weight excluding hydrogens is 202 g/mol. The molecule has 0 spiro atoms. The van der Waals surface area contributed by atoms with E-state index in [2.05, 4.69) is 15.3 Å². The van der Waals surface area contributed by atoms with Crippen molar-refractivity contribution in [2.24, 2.45) is 5.92 Å². The van der Waals surface area contributed by atoms with Gasteiger partial charge in [-0.15, -0.1) is 0 Å². The van der Waals surface area contributed by atoms with E-state index in [4.69, 9.17) is 0 Å². The van der Waals surface area contributed by atoms with Gasteiger partial charge >= 0.3 is 0 Å². The number of aliphatic hydroxyl groups is 1. The van der Waals surface area contributed by atoms with Crippen LogP contribution in [0.3, 0.4) is 0 Å². The number of aromatic nitrogens is 2. The normalized spacial score (nSPS) is 25.6. The van der Waals surface area contributed by atoms with Crippen LogP contribution in [0.1, 0.15) is 31.2 Å². The van der Waals surface area contributed by atoms with Crippen LogP contribution in [0.15, 0.2) is 18.7 Å². The van der Waals surface area contributed by atoms with Gasteiger partial charge in [-0.1, -0.05) is 0 Å². The quantitative estimate of drug-likeness (QED) is 0.800. The van der Waals surface area contributed by atoms with Crippen LogP contribution < -0.4 is 5.32 Å². The molecule has 0 aliphatic heterocycles. The summed E-state index contributed by atoms with van der Waals surface area (Å²) in [7, 11) is 0. The zero-order valence-electron chi connectivity index (χ0n) is 9.47. The summed E-state index contributed by atoms with van der Waals surface area (Å²) in [5, 5.41) is 12.8. The third kappa shape index (κ3) is 3.54. The molecule has 0 bridgehead atoms. The molecule has 1 aromatic heterocycles. The summed E-state index contributed by atoms with van der Waals surface area (Å²) in [4.78, 5) is 7.95. The van der Waals surface area contributed by atoms with E-state index >= 15 is 0 Å². The van der Waals surface area contributed by atoms with Gasteiger partial charge < -0.3 is 10.4 Å². The fourth-order valence-electron chi connectivity index (χ4n) is 2.19. The first kappa shape index (κ1) is 11.5. The van der Waals surface area contributed by atoms with E-state index in [9.17, 15) is 5.11 Å². The van der Waals surface area contributed by atoms with Gasteiger partial charge in [0.15, 0.2) is 0 Å². The van der Waals surface area contributed by atoms with Gasteiger partial charge in [-0.2, -0.15) is 0 Å². The number of nitrogens with one attached hydrogen (secondary N) is 1. The number of rotatable bonds is 4. The number of hydrogen-bond donors (Lipinski definition) is 2. The summed E-state index contributed by atoms with van der Waals surface area (Å²) >= 11 is 0. The lowest BCUT2D eigenvalue weighted by atomic mass is 9.87. The Morgan fingerprint density at radius 2 is 1.88 bits per heavy atom. The highest BCUT2D eigenvalue weighted by Crippen LogP contribution is 2.23. The Labute approximate surface area is 96.1 Å². The highest BCUT2D eigenvalue weighted by molar-refractivity contribution is 5.01. The Hall–Kier alpha value is -1.00. The van der Waals surface area contributed by atoms with E-state index in [1.807, 2.05) is 12.4 Å². The minimum Gasteiger partial charge on any atom is -0.393 e. The molecule has 1 aliphatic carbocycles. The van der Waals surface area contributed by atoms with Crippen LogP contribution in [0.2, 0.25) is 0 Å². The van der Waals surface area contributed by atoms with Crippen LogP contribution in [0.5, 0.6) is 0 Å². The molecule has 4 nitrogen and oxygen atoms in total. The SMILES string of the molecule is OC1CCC(CNCc2cncnc2)CC1. The van der Waals surface area contributed by atoms with E-state index in [0.29, 0.717) is 5.92 Å². The van der Waals surface area contributed by atoms with E-state index < -0.39 is 0 Å². The molecule has 0 aromatic carbocycles. The second kappa shape index (κ2) is 5.92. The maximum absolute atomic E-state index is 9.39. The average molecular weight is 221 g/mol. The Kier molecular flexibility index (Phi) is 4.25. The van der Waals surface area contributed by atoms with Crippen molar-refractivity contribution < 1.29 is 5.11 Å². The summed E-state index contributed by atoms with van der Waals surface area (Å²) in [5.41, 5.74) is 1.12. The van der Waals surface area contributed by atoms with E-state index in [1.54, 1.807) is 6.33 Å². The van der Waals surface area contributed by atoms with Gasteiger partial charge in [0.25, 0.3) is 0 Å². The van der Waals surface area contributed by atoms with Gasteiger partial charge in [0.2, 0.25) is 0 Å². The molecule has 0 radical (unpaired) electrons.